The molecule has 0 aromatic carbocycles. The topological polar surface area (TPSA) is 150 Å². The highest BCUT2D eigenvalue weighted by molar-refractivity contribution is 7.13. The average molecular weight is 473 g/mol. The van der Waals surface area contributed by atoms with E-state index >= 15 is 0 Å². The number of aliphatic hydroxyl groups excluding tert-OH is 3. The zero-order chi connectivity index (χ0) is 22.8. The molecular formula is C21H21ClN6O3S. The second kappa shape index (κ2) is 9.36. The number of nitrogen functional groups attached to an aromatic ring is 1. The van der Waals surface area contributed by atoms with E-state index in [0.29, 0.717) is 17.5 Å². The zero-order valence-corrected chi connectivity index (χ0v) is 18.6. The van der Waals surface area contributed by atoms with Crippen molar-refractivity contribution < 1.29 is 15.3 Å². The fourth-order valence-electron chi connectivity index (χ4n) is 3.58. The van der Waals surface area contributed by atoms with Crippen molar-refractivity contribution in [2.24, 2.45) is 5.92 Å². The molecular weight excluding hydrogens is 452 g/mol. The van der Waals surface area contributed by atoms with E-state index in [-0.39, 0.29) is 23.5 Å². The summed E-state index contributed by atoms with van der Waals surface area (Å²) < 4.78 is 0. The Balaban J connectivity index is 1.64. The van der Waals surface area contributed by atoms with Crippen LogP contribution in [0.3, 0.4) is 0 Å². The standard InChI is InChI=1S/C21H21ClN6O3S/c1-10-11(3-5-14(25-10)20-24-6-7-32-20)2-4-13-18(22)27-21(23)28-19(13)26-15-8-12(9-29)16(30)17(15)31/h3,5-7,12,15-17,29-31H,8-9H2,1H3,(H3,23,26,27,28)/t12-,15-,16-,17+/m1/s1. The Morgan fingerprint density at radius 3 is 2.69 bits per heavy atom. The summed E-state index contributed by atoms with van der Waals surface area (Å²) in [5.74, 6) is 5.76. The average Bonchev–Trinajstić information content (AvgIpc) is 3.38. The molecule has 3 aromatic rings. The second-order valence-electron chi connectivity index (χ2n) is 7.42. The van der Waals surface area contributed by atoms with Gasteiger partial charge in [-0.1, -0.05) is 23.4 Å². The molecule has 9 nitrogen and oxygen atoms in total. The van der Waals surface area contributed by atoms with Crippen molar-refractivity contribution in [2.75, 3.05) is 17.7 Å². The van der Waals surface area contributed by atoms with Crippen molar-refractivity contribution in [2.45, 2.75) is 31.6 Å². The largest absolute Gasteiger partial charge is 0.396 e. The number of hydrogen-bond acceptors (Lipinski definition) is 10. The number of nitrogens with two attached hydrogens (primary N) is 1. The van der Waals surface area contributed by atoms with Crippen LogP contribution in [-0.2, 0) is 0 Å². The highest BCUT2D eigenvalue weighted by Crippen LogP contribution is 2.31. The maximum Gasteiger partial charge on any atom is 0.223 e. The minimum Gasteiger partial charge on any atom is -0.396 e. The Morgan fingerprint density at radius 2 is 2.03 bits per heavy atom. The summed E-state index contributed by atoms with van der Waals surface area (Å²) >= 11 is 7.80. The van der Waals surface area contributed by atoms with Gasteiger partial charge in [0.25, 0.3) is 0 Å². The van der Waals surface area contributed by atoms with E-state index in [9.17, 15) is 15.3 Å². The molecule has 0 unspecified atom stereocenters. The van der Waals surface area contributed by atoms with Crippen LogP contribution in [-0.4, -0.2) is 60.1 Å². The molecule has 0 radical (unpaired) electrons. The van der Waals surface area contributed by atoms with Gasteiger partial charge >= 0.3 is 0 Å². The summed E-state index contributed by atoms with van der Waals surface area (Å²) in [6, 6.07) is 3.14. The summed E-state index contributed by atoms with van der Waals surface area (Å²) in [7, 11) is 0. The van der Waals surface area contributed by atoms with Gasteiger partial charge in [-0.15, -0.1) is 11.3 Å². The quantitative estimate of drug-likeness (QED) is 0.280. The van der Waals surface area contributed by atoms with Crippen LogP contribution < -0.4 is 11.1 Å². The Morgan fingerprint density at radius 1 is 1.22 bits per heavy atom. The lowest BCUT2D eigenvalue weighted by Crippen LogP contribution is -2.35. The summed E-state index contributed by atoms with van der Waals surface area (Å²) in [5, 5.41) is 35.6. The summed E-state index contributed by atoms with van der Waals surface area (Å²) in [5.41, 5.74) is 8.25. The molecule has 1 aliphatic rings. The lowest BCUT2D eigenvalue weighted by Gasteiger charge is -2.19. The van der Waals surface area contributed by atoms with Crippen LogP contribution in [0.25, 0.3) is 10.7 Å². The van der Waals surface area contributed by atoms with Crippen LogP contribution in [0.1, 0.15) is 23.2 Å². The molecule has 1 fully saturated rings. The zero-order valence-electron chi connectivity index (χ0n) is 17.0. The predicted octanol–water partition coefficient (Wildman–Crippen LogP) is 1.45. The van der Waals surface area contributed by atoms with Crippen LogP contribution in [0.4, 0.5) is 11.8 Å². The number of hydrogen-bond donors (Lipinski definition) is 5. The molecule has 3 aromatic heterocycles. The molecule has 166 valence electrons. The van der Waals surface area contributed by atoms with Gasteiger partial charge in [0, 0.05) is 29.7 Å². The molecule has 4 atom stereocenters. The third-order valence-electron chi connectivity index (χ3n) is 5.30. The molecule has 0 bridgehead atoms. The third-order valence-corrected chi connectivity index (χ3v) is 6.37. The lowest BCUT2D eigenvalue weighted by molar-refractivity contribution is 0.00445. The van der Waals surface area contributed by atoms with Crippen LogP contribution in [0.5, 0.6) is 0 Å². The number of rotatable bonds is 4. The molecule has 1 aliphatic carbocycles. The number of aromatic nitrogens is 4. The first-order valence-corrected chi connectivity index (χ1v) is 11.1. The number of anilines is 2. The number of pyridine rings is 1. The minimum absolute atomic E-state index is 0.0551. The summed E-state index contributed by atoms with van der Waals surface area (Å²) in [4.78, 5) is 17.0. The van der Waals surface area contributed by atoms with E-state index < -0.39 is 24.2 Å². The first-order valence-electron chi connectivity index (χ1n) is 9.83. The molecule has 0 spiro atoms. The molecule has 3 heterocycles. The molecule has 1 saturated carbocycles. The van der Waals surface area contributed by atoms with Crippen molar-refractivity contribution >= 4 is 34.7 Å². The number of nitrogens with zero attached hydrogens (tertiary/aromatic N) is 4. The van der Waals surface area contributed by atoms with Gasteiger partial charge in [0.15, 0.2) is 5.15 Å². The molecule has 32 heavy (non-hydrogen) atoms. The Kier molecular flexibility index (Phi) is 6.55. The van der Waals surface area contributed by atoms with Gasteiger partial charge in [0.05, 0.1) is 23.5 Å². The monoisotopic (exact) mass is 472 g/mol. The molecule has 11 heteroatoms. The van der Waals surface area contributed by atoms with Gasteiger partial charge in [0.2, 0.25) is 5.95 Å². The van der Waals surface area contributed by atoms with Gasteiger partial charge in [-0.05, 0) is 25.5 Å². The Bertz CT molecular complexity index is 1180. The van der Waals surface area contributed by atoms with Crippen molar-refractivity contribution in [3.8, 4) is 22.5 Å². The van der Waals surface area contributed by atoms with E-state index in [1.807, 2.05) is 24.4 Å². The lowest BCUT2D eigenvalue weighted by atomic mass is 10.1. The fraction of sp³-hybridized carbons (Fsp3) is 0.333. The highest BCUT2D eigenvalue weighted by atomic mass is 35.5. The first kappa shape index (κ1) is 22.4. The number of nitrogens with one attached hydrogen (secondary N) is 1. The van der Waals surface area contributed by atoms with Crippen molar-refractivity contribution in [3.63, 3.8) is 0 Å². The Hall–Kier alpha value is -2.81. The van der Waals surface area contributed by atoms with E-state index in [1.54, 1.807) is 6.20 Å². The third kappa shape index (κ3) is 4.53. The Labute approximate surface area is 193 Å². The van der Waals surface area contributed by atoms with Gasteiger partial charge < -0.3 is 26.4 Å². The van der Waals surface area contributed by atoms with E-state index in [0.717, 1.165) is 16.4 Å². The molecule has 0 saturated heterocycles. The maximum atomic E-state index is 10.3. The SMILES string of the molecule is Cc1nc(-c2nccs2)ccc1C#Cc1c(Cl)nc(N)nc1N[C@@H]1C[C@H](CO)[C@@H](O)[C@H]1O. The minimum atomic E-state index is -1.09. The number of aryl methyl sites for hydroxylation is 1. The van der Waals surface area contributed by atoms with Crippen molar-refractivity contribution in [1.82, 2.24) is 19.9 Å². The van der Waals surface area contributed by atoms with Crippen LogP contribution in [0.2, 0.25) is 5.15 Å². The highest BCUT2D eigenvalue weighted by Gasteiger charge is 2.41. The van der Waals surface area contributed by atoms with Crippen molar-refractivity contribution in [1.29, 1.82) is 0 Å². The number of aliphatic hydroxyl groups is 3. The van der Waals surface area contributed by atoms with E-state index in [1.165, 1.54) is 11.3 Å². The van der Waals surface area contributed by atoms with Gasteiger partial charge in [-0.2, -0.15) is 9.97 Å². The second-order valence-corrected chi connectivity index (χ2v) is 8.68. The molecule has 0 aliphatic heterocycles. The normalized spacial score (nSPS) is 22.4. The predicted molar refractivity (Wildman–Crippen MR) is 122 cm³/mol. The maximum absolute atomic E-state index is 10.3. The van der Waals surface area contributed by atoms with Crippen LogP contribution in [0.15, 0.2) is 23.7 Å². The van der Waals surface area contributed by atoms with E-state index in [2.05, 4.69) is 37.1 Å². The number of halogens is 1. The summed E-state index contributed by atoms with van der Waals surface area (Å²) in [6.07, 6.45) is -0.0700. The molecule has 4 rings (SSSR count). The summed E-state index contributed by atoms with van der Waals surface area (Å²) in [6.45, 7) is 1.62. The van der Waals surface area contributed by atoms with E-state index in [4.69, 9.17) is 17.3 Å². The first-order chi connectivity index (χ1) is 15.4. The molecule has 0 amide bonds. The molecule has 6 N–H and O–H groups in total. The van der Waals surface area contributed by atoms with Crippen LogP contribution in [0, 0.1) is 24.7 Å². The van der Waals surface area contributed by atoms with Crippen molar-refractivity contribution in [3.05, 3.63) is 45.7 Å². The van der Waals surface area contributed by atoms with Crippen LogP contribution >= 0.6 is 22.9 Å². The fourth-order valence-corrected chi connectivity index (χ4v) is 4.41. The van der Waals surface area contributed by atoms with Gasteiger partial charge in [0.1, 0.15) is 22.5 Å². The number of thiazole rings is 1. The smallest absolute Gasteiger partial charge is 0.223 e. The van der Waals surface area contributed by atoms with Gasteiger partial charge in [-0.3, -0.25) is 0 Å². The van der Waals surface area contributed by atoms with Gasteiger partial charge in [-0.25, -0.2) is 9.97 Å².